The Morgan fingerprint density at radius 3 is 3.12 bits per heavy atom. The summed E-state index contributed by atoms with van der Waals surface area (Å²) in [5.41, 5.74) is 0.768. The number of hydrogen-bond donors (Lipinski definition) is 1. The lowest BCUT2D eigenvalue weighted by atomic mass is 10.3. The zero-order valence-electron chi connectivity index (χ0n) is 9.20. The number of carbonyl (C=O) groups is 1. The Bertz CT molecular complexity index is 497. The number of rotatable bonds is 4. The molecule has 88 valence electrons. The van der Waals surface area contributed by atoms with E-state index in [0.717, 1.165) is 5.69 Å². The Balaban J connectivity index is 2.09. The smallest absolute Gasteiger partial charge is 0.257 e. The van der Waals surface area contributed by atoms with Crippen LogP contribution < -0.4 is 10.1 Å². The average molecular weight is 233 g/mol. The molecular weight excluding hydrogens is 222 g/mol. The summed E-state index contributed by atoms with van der Waals surface area (Å²) in [4.78, 5) is 11.0. The SMILES string of the molecule is CNC(=O)COc1cccc(-n2cnnn2)c1. The van der Waals surface area contributed by atoms with Crippen molar-refractivity contribution in [3.05, 3.63) is 30.6 Å². The molecule has 0 saturated carbocycles. The molecule has 0 saturated heterocycles. The fourth-order valence-electron chi connectivity index (χ4n) is 1.22. The molecule has 7 heteroatoms. The molecule has 7 nitrogen and oxygen atoms in total. The van der Waals surface area contributed by atoms with E-state index in [2.05, 4.69) is 20.8 Å². The first kappa shape index (κ1) is 11.1. The summed E-state index contributed by atoms with van der Waals surface area (Å²) < 4.78 is 6.81. The number of ether oxygens (including phenoxy) is 1. The van der Waals surface area contributed by atoms with Gasteiger partial charge in [-0.15, -0.1) is 5.10 Å². The van der Waals surface area contributed by atoms with Crippen LogP contribution in [0.3, 0.4) is 0 Å². The Morgan fingerprint density at radius 2 is 2.41 bits per heavy atom. The van der Waals surface area contributed by atoms with Crippen molar-refractivity contribution in [3.63, 3.8) is 0 Å². The molecule has 1 aromatic carbocycles. The normalized spacial score (nSPS) is 9.94. The van der Waals surface area contributed by atoms with E-state index in [-0.39, 0.29) is 12.5 Å². The zero-order valence-corrected chi connectivity index (χ0v) is 9.20. The van der Waals surface area contributed by atoms with E-state index in [0.29, 0.717) is 5.75 Å². The number of amides is 1. The number of tetrazole rings is 1. The second-order valence-corrected chi connectivity index (χ2v) is 3.21. The van der Waals surface area contributed by atoms with Crippen LogP contribution in [0.4, 0.5) is 0 Å². The highest BCUT2D eigenvalue weighted by Gasteiger charge is 2.02. The summed E-state index contributed by atoms with van der Waals surface area (Å²) in [5.74, 6) is 0.402. The molecule has 2 rings (SSSR count). The van der Waals surface area contributed by atoms with E-state index in [1.807, 2.05) is 6.07 Å². The van der Waals surface area contributed by atoms with Crippen LogP contribution in [0, 0.1) is 0 Å². The molecule has 0 aliphatic heterocycles. The predicted octanol–water partition coefficient (Wildman–Crippen LogP) is -0.213. The summed E-state index contributed by atoms with van der Waals surface area (Å²) in [7, 11) is 1.56. The van der Waals surface area contributed by atoms with Crippen LogP contribution in [0.1, 0.15) is 0 Å². The molecule has 1 N–H and O–H groups in total. The fourth-order valence-corrected chi connectivity index (χ4v) is 1.22. The van der Waals surface area contributed by atoms with Crippen molar-refractivity contribution in [1.29, 1.82) is 0 Å². The van der Waals surface area contributed by atoms with Gasteiger partial charge in [-0.3, -0.25) is 4.79 Å². The summed E-state index contributed by atoms with van der Waals surface area (Å²) in [6, 6.07) is 7.15. The molecular formula is C10H11N5O2. The molecule has 1 amide bonds. The summed E-state index contributed by atoms with van der Waals surface area (Å²) in [6.07, 6.45) is 1.48. The van der Waals surface area contributed by atoms with Gasteiger partial charge in [-0.2, -0.15) is 0 Å². The van der Waals surface area contributed by atoms with Gasteiger partial charge in [0.05, 0.1) is 5.69 Å². The van der Waals surface area contributed by atoms with Gasteiger partial charge < -0.3 is 10.1 Å². The van der Waals surface area contributed by atoms with E-state index in [9.17, 15) is 4.79 Å². The number of aromatic nitrogens is 4. The molecule has 0 aliphatic carbocycles. The van der Waals surface area contributed by atoms with Gasteiger partial charge in [-0.25, -0.2) is 4.68 Å². The maximum atomic E-state index is 11.0. The minimum Gasteiger partial charge on any atom is -0.484 e. The van der Waals surface area contributed by atoms with Crippen LogP contribution in [0.15, 0.2) is 30.6 Å². The second kappa shape index (κ2) is 5.06. The Kier molecular flexibility index (Phi) is 3.29. The Morgan fingerprint density at radius 1 is 1.53 bits per heavy atom. The van der Waals surface area contributed by atoms with Crippen LogP contribution in [0.2, 0.25) is 0 Å². The van der Waals surface area contributed by atoms with E-state index in [1.54, 1.807) is 25.2 Å². The van der Waals surface area contributed by atoms with Crippen molar-refractivity contribution in [1.82, 2.24) is 25.5 Å². The first-order valence-corrected chi connectivity index (χ1v) is 4.96. The number of likely N-dealkylation sites (N-methyl/N-ethyl adjacent to an activating group) is 1. The average Bonchev–Trinajstić information content (AvgIpc) is 2.90. The van der Waals surface area contributed by atoms with Crippen molar-refractivity contribution in [2.24, 2.45) is 0 Å². The van der Waals surface area contributed by atoms with Gasteiger partial charge in [0.25, 0.3) is 5.91 Å². The minimum atomic E-state index is -0.183. The third-order valence-corrected chi connectivity index (χ3v) is 2.08. The van der Waals surface area contributed by atoms with Crippen LogP contribution >= 0.6 is 0 Å². The summed E-state index contributed by atoms with van der Waals surface area (Å²) in [6.45, 7) is -0.0183. The van der Waals surface area contributed by atoms with E-state index in [1.165, 1.54) is 11.0 Å². The molecule has 0 bridgehead atoms. The van der Waals surface area contributed by atoms with Gasteiger partial charge in [-0.05, 0) is 22.6 Å². The largest absolute Gasteiger partial charge is 0.484 e. The molecule has 0 spiro atoms. The van der Waals surface area contributed by atoms with E-state index < -0.39 is 0 Å². The molecule has 0 unspecified atom stereocenters. The number of nitrogens with zero attached hydrogens (tertiary/aromatic N) is 4. The van der Waals surface area contributed by atoms with Gasteiger partial charge >= 0.3 is 0 Å². The number of benzene rings is 1. The molecule has 0 radical (unpaired) electrons. The highest BCUT2D eigenvalue weighted by atomic mass is 16.5. The first-order valence-electron chi connectivity index (χ1n) is 4.96. The minimum absolute atomic E-state index is 0.0183. The third-order valence-electron chi connectivity index (χ3n) is 2.08. The fraction of sp³-hybridized carbons (Fsp3) is 0.200. The molecule has 2 aromatic rings. The van der Waals surface area contributed by atoms with Crippen molar-refractivity contribution in [3.8, 4) is 11.4 Å². The highest BCUT2D eigenvalue weighted by Crippen LogP contribution is 2.15. The maximum absolute atomic E-state index is 11.0. The van der Waals surface area contributed by atoms with Gasteiger partial charge in [-0.1, -0.05) is 6.07 Å². The summed E-state index contributed by atoms with van der Waals surface area (Å²) in [5, 5.41) is 13.3. The molecule has 0 atom stereocenters. The first-order chi connectivity index (χ1) is 8.29. The van der Waals surface area contributed by atoms with Crippen LogP contribution in [0.25, 0.3) is 5.69 Å². The molecule has 17 heavy (non-hydrogen) atoms. The standard InChI is InChI=1S/C10H11N5O2/c1-11-10(16)6-17-9-4-2-3-8(5-9)15-7-12-13-14-15/h2-5,7H,6H2,1H3,(H,11,16). The van der Waals surface area contributed by atoms with Crippen molar-refractivity contribution in [2.45, 2.75) is 0 Å². The van der Waals surface area contributed by atoms with Crippen LogP contribution in [-0.2, 0) is 4.79 Å². The van der Waals surface area contributed by atoms with Crippen LogP contribution in [-0.4, -0.2) is 39.8 Å². The monoisotopic (exact) mass is 233 g/mol. The lowest BCUT2D eigenvalue weighted by molar-refractivity contribution is -0.122. The van der Waals surface area contributed by atoms with Gasteiger partial charge in [0.15, 0.2) is 6.61 Å². The molecule has 0 fully saturated rings. The second-order valence-electron chi connectivity index (χ2n) is 3.21. The van der Waals surface area contributed by atoms with Crippen molar-refractivity contribution in [2.75, 3.05) is 13.7 Å². The van der Waals surface area contributed by atoms with Crippen molar-refractivity contribution < 1.29 is 9.53 Å². The zero-order chi connectivity index (χ0) is 12.1. The van der Waals surface area contributed by atoms with Gasteiger partial charge in [0.2, 0.25) is 0 Å². The third kappa shape index (κ3) is 2.77. The molecule has 1 aromatic heterocycles. The van der Waals surface area contributed by atoms with Gasteiger partial charge in [0.1, 0.15) is 12.1 Å². The Hall–Kier alpha value is -2.44. The van der Waals surface area contributed by atoms with E-state index >= 15 is 0 Å². The Labute approximate surface area is 97.4 Å². The molecule has 1 heterocycles. The highest BCUT2D eigenvalue weighted by molar-refractivity contribution is 5.77. The lowest BCUT2D eigenvalue weighted by Gasteiger charge is -2.06. The molecule has 0 aliphatic rings. The van der Waals surface area contributed by atoms with E-state index in [4.69, 9.17) is 4.74 Å². The predicted molar refractivity (Wildman–Crippen MR) is 58.7 cm³/mol. The maximum Gasteiger partial charge on any atom is 0.257 e. The number of carbonyl (C=O) groups excluding carboxylic acids is 1. The van der Waals surface area contributed by atoms with Crippen LogP contribution in [0.5, 0.6) is 5.75 Å². The summed E-state index contributed by atoms with van der Waals surface area (Å²) >= 11 is 0. The quantitative estimate of drug-likeness (QED) is 0.790. The lowest BCUT2D eigenvalue weighted by Crippen LogP contribution is -2.24. The van der Waals surface area contributed by atoms with Crippen molar-refractivity contribution >= 4 is 5.91 Å². The number of nitrogens with one attached hydrogen (secondary N) is 1. The van der Waals surface area contributed by atoms with Gasteiger partial charge in [0, 0.05) is 13.1 Å². The number of hydrogen-bond acceptors (Lipinski definition) is 5. The topological polar surface area (TPSA) is 81.9 Å².